The van der Waals surface area contributed by atoms with Crippen LogP contribution in [0.3, 0.4) is 0 Å². The van der Waals surface area contributed by atoms with Gasteiger partial charge in [0.25, 0.3) is 0 Å². The van der Waals surface area contributed by atoms with Crippen molar-refractivity contribution in [3.63, 3.8) is 0 Å². The van der Waals surface area contributed by atoms with Gasteiger partial charge in [0.2, 0.25) is 0 Å². The molecule has 1 unspecified atom stereocenters. The summed E-state index contributed by atoms with van der Waals surface area (Å²) < 4.78 is 4.05. The molecule has 1 aromatic heterocycles. The van der Waals surface area contributed by atoms with Crippen LogP contribution in [0.1, 0.15) is 37.0 Å². The van der Waals surface area contributed by atoms with Crippen LogP contribution in [0.2, 0.25) is 0 Å². The van der Waals surface area contributed by atoms with E-state index in [0.717, 1.165) is 17.3 Å². The summed E-state index contributed by atoms with van der Waals surface area (Å²) in [6.45, 7) is 5.43. The van der Waals surface area contributed by atoms with Gasteiger partial charge in [0, 0.05) is 0 Å². The van der Waals surface area contributed by atoms with Crippen LogP contribution in [0.5, 0.6) is 0 Å². The van der Waals surface area contributed by atoms with Gasteiger partial charge in [-0.15, -0.1) is 0 Å². The van der Waals surface area contributed by atoms with Crippen LogP contribution in [0, 0.1) is 6.92 Å². The molecule has 0 aliphatic rings. The van der Waals surface area contributed by atoms with Crippen molar-refractivity contribution in [2.24, 2.45) is 0 Å². The molecule has 12 heavy (non-hydrogen) atoms. The molecular weight excluding hydrogens is 172 g/mol. The third-order valence-corrected chi connectivity index (χ3v) is 2.66. The van der Waals surface area contributed by atoms with E-state index in [1.165, 1.54) is 11.5 Å². The van der Waals surface area contributed by atoms with Crippen LogP contribution in [-0.4, -0.2) is 15.1 Å². The molecule has 0 radical (unpaired) electrons. The van der Waals surface area contributed by atoms with Crippen molar-refractivity contribution in [3.05, 3.63) is 10.8 Å². The fourth-order valence-corrected chi connectivity index (χ4v) is 1.99. The Hall–Kier alpha value is -0.770. The van der Waals surface area contributed by atoms with E-state index in [1.54, 1.807) is 6.92 Å². The molecule has 3 nitrogen and oxygen atoms in total. The molecule has 0 saturated heterocycles. The number of nitrogens with zero attached hydrogens (tertiary/aromatic N) is 2. The second-order valence-electron chi connectivity index (χ2n) is 2.75. The van der Waals surface area contributed by atoms with Gasteiger partial charge in [-0.1, -0.05) is 6.92 Å². The minimum atomic E-state index is -0.0452. The topological polar surface area (TPSA) is 42.9 Å². The summed E-state index contributed by atoms with van der Waals surface area (Å²) in [5.41, 5.74) is 0. The summed E-state index contributed by atoms with van der Waals surface area (Å²) in [7, 11) is 0. The average molecular weight is 184 g/mol. The molecule has 0 aliphatic carbocycles. The fourth-order valence-electron chi connectivity index (χ4n) is 1.09. The third-order valence-electron chi connectivity index (χ3n) is 1.74. The highest BCUT2D eigenvalue weighted by Crippen LogP contribution is 2.21. The first kappa shape index (κ1) is 9.32. The highest BCUT2D eigenvalue weighted by atomic mass is 32.1. The largest absolute Gasteiger partial charge is 0.299 e. The smallest absolute Gasteiger partial charge is 0.139 e. The summed E-state index contributed by atoms with van der Waals surface area (Å²) in [6.07, 6.45) is 0.809. The van der Waals surface area contributed by atoms with E-state index in [4.69, 9.17) is 0 Å². The van der Waals surface area contributed by atoms with Gasteiger partial charge in [-0.25, -0.2) is 4.98 Å². The number of carbonyl (C=O) groups is 1. The Morgan fingerprint density at radius 3 is 2.67 bits per heavy atom. The van der Waals surface area contributed by atoms with Crippen molar-refractivity contribution < 1.29 is 4.79 Å². The Morgan fingerprint density at radius 2 is 2.33 bits per heavy atom. The number of hydrogen-bond acceptors (Lipinski definition) is 4. The van der Waals surface area contributed by atoms with Gasteiger partial charge in [-0.2, -0.15) is 4.37 Å². The number of carbonyl (C=O) groups excluding carboxylic acids is 1. The zero-order chi connectivity index (χ0) is 9.14. The predicted octanol–water partition coefficient (Wildman–Crippen LogP) is 1.93. The van der Waals surface area contributed by atoms with Crippen molar-refractivity contribution in [1.82, 2.24) is 9.36 Å². The van der Waals surface area contributed by atoms with E-state index >= 15 is 0 Å². The molecule has 0 N–H and O–H groups in total. The lowest BCUT2D eigenvalue weighted by Crippen LogP contribution is -2.06. The Kier molecular flexibility index (Phi) is 2.92. The molecule has 0 bridgehead atoms. The minimum Gasteiger partial charge on any atom is -0.299 e. The van der Waals surface area contributed by atoms with E-state index in [2.05, 4.69) is 9.36 Å². The molecule has 0 saturated carbocycles. The highest BCUT2D eigenvalue weighted by molar-refractivity contribution is 7.05. The van der Waals surface area contributed by atoms with Crippen molar-refractivity contribution in [3.8, 4) is 0 Å². The summed E-state index contributed by atoms with van der Waals surface area (Å²) in [5.74, 6) is 0.888. The predicted molar refractivity (Wildman–Crippen MR) is 48.4 cm³/mol. The van der Waals surface area contributed by atoms with E-state index in [1.807, 2.05) is 13.8 Å². The second kappa shape index (κ2) is 3.76. The first-order valence-corrected chi connectivity index (χ1v) is 4.73. The summed E-state index contributed by atoms with van der Waals surface area (Å²) in [4.78, 5) is 15.3. The minimum absolute atomic E-state index is 0.0452. The molecule has 0 spiro atoms. The molecule has 0 aromatic carbocycles. The second-order valence-corrected chi connectivity index (χ2v) is 3.53. The summed E-state index contributed by atoms with van der Waals surface area (Å²) in [5, 5.41) is 0.850. The van der Waals surface area contributed by atoms with Crippen LogP contribution in [0.25, 0.3) is 0 Å². The molecule has 1 atom stereocenters. The van der Waals surface area contributed by atoms with Gasteiger partial charge in [0.05, 0.1) is 5.92 Å². The Morgan fingerprint density at radius 1 is 1.67 bits per heavy atom. The van der Waals surface area contributed by atoms with E-state index in [9.17, 15) is 4.79 Å². The monoisotopic (exact) mass is 184 g/mol. The third kappa shape index (κ3) is 1.88. The Labute approximate surface area is 76.0 Å². The van der Waals surface area contributed by atoms with Crippen LogP contribution >= 0.6 is 11.5 Å². The zero-order valence-corrected chi connectivity index (χ0v) is 8.31. The van der Waals surface area contributed by atoms with Crippen LogP contribution < -0.4 is 0 Å². The van der Waals surface area contributed by atoms with Gasteiger partial charge < -0.3 is 0 Å². The lowest BCUT2D eigenvalue weighted by Gasteiger charge is -2.04. The van der Waals surface area contributed by atoms with Crippen molar-refractivity contribution in [2.45, 2.75) is 33.1 Å². The molecule has 1 aromatic rings. The van der Waals surface area contributed by atoms with Gasteiger partial charge >= 0.3 is 0 Å². The molecule has 66 valence electrons. The van der Waals surface area contributed by atoms with E-state index in [-0.39, 0.29) is 11.7 Å². The van der Waals surface area contributed by atoms with Gasteiger partial charge in [-0.05, 0) is 31.8 Å². The maximum Gasteiger partial charge on any atom is 0.139 e. The van der Waals surface area contributed by atoms with E-state index in [0.29, 0.717) is 0 Å². The molecule has 1 heterocycles. The van der Waals surface area contributed by atoms with Crippen LogP contribution in [0.4, 0.5) is 0 Å². The van der Waals surface area contributed by atoms with Gasteiger partial charge in [0.1, 0.15) is 16.6 Å². The summed E-state index contributed by atoms with van der Waals surface area (Å²) in [6, 6.07) is 0. The van der Waals surface area contributed by atoms with Crippen LogP contribution in [0.15, 0.2) is 0 Å². The average Bonchev–Trinajstić information content (AvgIpc) is 2.37. The molecule has 1 rings (SSSR count). The van der Waals surface area contributed by atoms with Crippen molar-refractivity contribution in [2.75, 3.05) is 0 Å². The lowest BCUT2D eigenvalue weighted by molar-refractivity contribution is -0.118. The molecule has 4 heteroatoms. The number of aryl methyl sites for hydroxylation is 1. The normalized spacial score (nSPS) is 12.9. The number of ketones is 1. The molecule has 0 amide bonds. The first-order chi connectivity index (χ1) is 5.65. The number of Topliss-reactive ketones (excluding diaryl/α,β-unsaturated/α-hetero) is 1. The summed E-state index contributed by atoms with van der Waals surface area (Å²) >= 11 is 1.33. The van der Waals surface area contributed by atoms with Crippen LogP contribution in [-0.2, 0) is 4.79 Å². The Bertz CT molecular complexity index is 282. The number of hydrogen-bond donors (Lipinski definition) is 0. The maximum absolute atomic E-state index is 11.1. The fraction of sp³-hybridized carbons (Fsp3) is 0.625. The maximum atomic E-state index is 11.1. The van der Waals surface area contributed by atoms with Gasteiger partial charge in [0.15, 0.2) is 0 Å². The number of rotatable bonds is 3. The standard InChI is InChI=1S/C8H12N2OS/c1-4-7(5(2)11)8-9-6(3)10-12-8/h7H,4H2,1-3H3. The quantitative estimate of drug-likeness (QED) is 0.720. The molecule has 0 fully saturated rings. The Balaban J connectivity index is 2.87. The highest BCUT2D eigenvalue weighted by Gasteiger charge is 2.18. The lowest BCUT2D eigenvalue weighted by atomic mass is 10.0. The van der Waals surface area contributed by atoms with E-state index < -0.39 is 0 Å². The van der Waals surface area contributed by atoms with Crippen molar-refractivity contribution >= 4 is 17.3 Å². The van der Waals surface area contributed by atoms with Gasteiger partial charge in [-0.3, -0.25) is 4.79 Å². The van der Waals surface area contributed by atoms with Crippen molar-refractivity contribution in [1.29, 1.82) is 0 Å². The molecule has 0 aliphatic heterocycles. The number of aromatic nitrogens is 2. The zero-order valence-electron chi connectivity index (χ0n) is 7.50. The SMILES string of the molecule is CCC(C(C)=O)c1nc(C)ns1. The first-order valence-electron chi connectivity index (χ1n) is 3.95. The molecular formula is C8H12N2OS.